The Balaban J connectivity index is 2.61. The maximum Gasteiger partial charge on any atom is 0.305 e. The summed E-state index contributed by atoms with van der Waals surface area (Å²) in [6.07, 6.45) is 1.27. The molecule has 0 bridgehead atoms. The molecule has 1 aromatic rings. The van der Waals surface area contributed by atoms with Crippen molar-refractivity contribution in [2.24, 2.45) is 5.92 Å². The van der Waals surface area contributed by atoms with Gasteiger partial charge in [-0.2, -0.15) is 0 Å². The van der Waals surface area contributed by atoms with E-state index in [0.29, 0.717) is 4.88 Å². The van der Waals surface area contributed by atoms with Crippen LogP contribution in [0.25, 0.3) is 0 Å². The summed E-state index contributed by atoms with van der Waals surface area (Å²) in [5.41, 5.74) is 0. The van der Waals surface area contributed by atoms with Gasteiger partial charge in [0, 0.05) is 6.04 Å². The van der Waals surface area contributed by atoms with Gasteiger partial charge < -0.3 is 10.4 Å². The molecule has 0 aromatic carbocycles. The van der Waals surface area contributed by atoms with Crippen molar-refractivity contribution in [3.63, 3.8) is 0 Å². The molecular weight excluding hydrogens is 230 g/mol. The molecule has 0 saturated carbocycles. The molecule has 16 heavy (non-hydrogen) atoms. The van der Waals surface area contributed by atoms with Crippen molar-refractivity contribution in [1.82, 2.24) is 14.9 Å². The molecule has 1 heterocycles. The summed E-state index contributed by atoms with van der Waals surface area (Å²) in [7, 11) is 0. The standard InChI is InChI=1S/C9H13N3O3S/c1-5(2)6(3-8(13)14)11-9(15)7-4-10-12-16-7/h4-6H,3H2,1-2H3,(H,11,15)(H,13,14). The first-order valence-electron chi connectivity index (χ1n) is 4.80. The van der Waals surface area contributed by atoms with Gasteiger partial charge in [0.15, 0.2) is 0 Å². The summed E-state index contributed by atoms with van der Waals surface area (Å²) in [4.78, 5) is 22.6. The maximum absolute atomic E-state index is 11.6. The molecule has 1 rings (SSSR count). The number of hydrogen-bond donors (Lipinski definition) is 2. The molecule has 0 aliphatic heterocycles. The Morgan fingerprint density at radius 3 is 2.69 bits per heavy atom. The van der Waals surface area contributed by atoms with Crippen LogP contribution < -0.4 is 5.32 Å². The Morgan fingerprint density at radius 2 is 2.25 bits per heavy atom. The van der Waals surface area contributed by atoms with Gasteiger partial charge in [-0.05, 0) is 17.5 Å². The lowest BCUT2D eigenvalue weighted by Gasteiger charge is -2.19. The van der Waals surface area contributed by atoms with Crippen LogP contribution in [0.4, 0.5) is 0 Å². The number of aliphatic carboxylic acids is 1. The van der Waals surface area contributed by atoms with Crippen LogP contribution in [0.3, 0.4) is 0 Å². The monoisotopic (exact) mass is 243 g/mol. The number of carbonyl (C=O) groups excluding carboxylic acids is 1. The van der Waals surface area contributed by atoms with Crippen LogP contribution in [0.15, 0.2) is 6.20 Å². The molecule has 0 aliphatic carbocycles. The Labute approximate surface area is 96.8 Å². The Morgan fingerprint density at radius 1 is 1.56 bits per heavy atom. The second-order valence-electron chi connectivity index (χ2n) is 3.70. The first-order valence-corrected chi connectivity index (χ1v) is 5.58. The lowest BCUT2D eigenvalue weighted by molar-refractivity contribution is -0.137. The fourth-order valence-corrected chi connectivity index (χ4v) is 1.57. The van der Waals surface area contributed by atoms with Gasteiger partial charge in [0.2, 0.25) is 0 Å². The molecule has 88 valence electrons. The van der Waals surface area contributed by atoms with E-state index in [1.807, 2.05) is 13.8 Å². The minimum atomic E-state index is -0.929. The van der Waals surface area contributed by atoms with E-state index in [2.05, 4.69) is 14.9 Å². The second-order valence-corrected chi connectivity index (χ2v) is 4.49. The van der Waals surface area contributed by atoms with Crippen LogP contribution in [-0.4, -0.2) is 32.6 Å². The summed E-state index contributed by atoms with van der Waals surface area (Å²) in [6.45, 7) is 3.72. The summed E-state index contributed by atoms with van der Waals surface area (Å²) < 4.78 is 3.57. The third-order valence-electron chi connectivity index (χ3n) is 2.10. The highest BCUT2D eigenvalue weighted by molar-refractivity contribution is 7.07. The van der Waals surface area contributed by atoms with Gasteiger partial charge in [-0.25, -0.2) is 0 Å². The maximum atomic E-state index is 11.6. The number of aromatic nitrogens is 2. The van der Waals surface area contributed by atoms with E-state index >= 15 is 0 Å². The number of carbonyl (C=O) groups is 2. The van der Waals surface area contributed by atoms with Crippen molar-refractivity contribution in [2.45, 2.75) is 26.3 Å². The van der Waals surface area contributed by atoms with Gasteiger partial charge in [-0.15, -0.1) is 5.10 Å². The van der Waals surface area contributed by atoms with Gasteiger partial charge in [0.1, 0.15) is 4.88 Å². The normalized spacial score (nSPS) is 12.4. The minimum absolute atomic E-state index is 0.0564. The fraction of sp³-hybridized carbons (Fsp3) is 0.556. The molecule has 0 spiro atoms. The fourth-order valence-electron chi connectivity index (χ4n) is 1.15. The lowest BCUT2D eigenvalue weighted by Crippen LogP contribution is -2.39. The Hall–Kier alpha value is -1.50. The molecule has 1 aromatic heterocycles. The van der Waals surface area contributed by atoms with Crippen LogP contribution in [0.5, 0.6) is 0 Å². The summed E-state index contributed by atoms with van der Waals surface area (Å²) >= 11 is 0.983. The molecule has 2 N–H and O–H groups in total. The van der Waals surface area contributed by atoms with Crippen molar-refractivity contribution >= 4 is 23.4 Å². The predicted octanol–water partition coefficient (Wildman–Crippen LogP) is 0.767. The van der Waals surface area contributed by atoms with Crippen molar-refractivity contribution in [3.05, 3.63) is 11.1 Å². The third-order valence-corrected chi connectivity index (χ3v) is 2.76. The molecule has 7 heteroatoms. The highest BCUT2D eigenvalue weighted by Gasteiger charge is 2.20. The molecule has 1 amide bonds. The summed E-state index contributed by atoms with van der Waals surface area (Å²) in [6, 6.07) is -0.382. The highest BCUT2D eigenvalue weighted by Crippen LogP contribution is 2.09. The zero-order valence-electron chi connectivity index (χ0n) is 9.01. The summed E-state index contributed by atoms with van der Waals surface area (Å²) in [5.74, 6) is -1.20. The van der Waals surface area contributed by atoms with E-state index in [-0.39, 0.29) is 24.3 Å². The van der Waals surface area contributed by atoms with Gasteiger partial charge in [0.05, 0.1) is 12.6 Å². The lowest BCUT2D eigenvalue weighted by atomic mass is 10.0. The zero-order valence-corrected chi connectivity index (χ0v) is 9.82. The summed E-state index contributed by atoms with van der Waals surface area (Å²) in [5, 5.41) is 14.9. The first-order chi connectivity index (χ1) is 7.50. The molecule has 0 saturated heterocycles. The largest absolute Gasteiger partial charge is 0.481 e. The van der Waals surface area contributed by atoms with E-state index in [0.717, 1.165) is 11.5 Å². The number of nitrogens with zero attached hydrogens (tertiary/aromatic N) is 2. The topological polar surface area (TPSA) is 92.2 Å². The third kappa shape index (κ3) is 3.58. The van der Waals surface area contributed by atoms with E-state index in [4.69, 9.17) is 5.11 Å². The molecule has 1 atom stereocenters. The van der Waals surface area contributed by atoms with E-state index in [1.54, 1.807) is 0 Å². The van der Waals surface area contributed by atoms with Crippen molar-refractivity contribution in [3.8, 4) is 0 Å². The van der Waals surface area contributed by atoms with Crippen LogP contribution >= 0.6 is 11.5 Å². The number of hydrogen-bond acceptors (Lipinski definition) is 5. The minimum Gasteiger partial charge on any atom is -0.481 e. The number of nitrogens with one attached hydrogen (secondary N) is 1. The average Bonchev–Trinajstić information content (AvgIpc) is 2.68. The van der Waals surface area contributed by atoms with Crippen molar-refractivity contribution in [2.75, 3.05) is 0 Å². The van der Waals surface area contributed by atoms with E-state index < -0.39 is 5.97 Å². The SMILES string of the molecule is CC(C)C(CC(=O)O)NC(=O)c1cnns1. The molecule has 1 unspecified atom stereocenters. The van der Waals surface area contributed by atoms with Gasteiger partial charge >= 0.3 is 5.97 Å². The predicted molar refractivity (Wildman–Crippen MR) is 58.3 cm³/mol. The van der Waals surface area contributed by atoms with Crippen LogP contribution in [0.1, 0.15) is 29.9 Å². The quantitative estimate of drug-likeness (QED) is 0.796. The van der Waals surface area contributed by atoms with Gasteiger partial charge in [-0.3, -0.25) is 9.59 Å². The molecule has 0 aliphatic rings. The van der Waals surface area contributed by atoms with Crippen molar-refractivity contribution < 1.29 is 14.7 Å². The zero-order chi connectivity index (χ0) is 12.1. The molecule has 0 fully saturated rings. The van der Waals surface area contributed by atoms with E-state index in [9.17, 15) is 9.59 Å². The van der Waals surface area contributed by atoms with Crippen molar-refractivity contribution in [1.29, 1.82) is 0 Å². The average molecular weight is 243 g/mol. The number of carboxylic acids is 1. The molecular formula is C9H13N3O3S. The highest BCUT2D eigenvalue weighted by atomic mass is 32.1. The van der Waals surface area contributed by atoms with E-state index in [1.165, 1.54) is 6.20 Å². The molecule has 0 radical (unpaired) electrons. The number of rotatable bonds is 5. The van der Waals surface area contributed by atoms with Crippen LogP contribution in [0, 0.1) is 5.92 Å². The second kappa shape index (κ2) is 5.55. The molecule has 6 nitrogen and oxygen atoms in total. The van der Waals surface area contributed by atoms with Crippen LogP contribution in [-0.2, 0) is 4.79 Å². The number of amides is 1. The Kier molecular flexibility index (Phi) is 4.36. The number of carboxylic acid groups (broad SMARTS) is 1. The van der Waals surface area contributed by atoms with Gasteiger partial charge in [0.25, 0.3) is 5.91 Å². The Bertz CT molecular complexity index is 364. The smallest absolute Gasteiger partial charge is 0.305 e. The van der Waals surface area contributed by atoms with Crippen LogP contribution in [0.2, 0.25) is 0 Å². The first kappa shape index (κ1) is 12.6. The van der Waals surface area contributed by atoms with Gasteiger partial charge in [-0.1, -0.05) is 18.3 Å².